The predicted molar refractivity (Wildman–Crippen MR) is 112 cm³/mol. The van der Waals surface area contributed by atoms with E-state index >= 15 is 0 Å². The first-order valence-electron chi connectivity index (χ1n) is 9.21. The molecule has 7 nitrogen and oxygen atoms in total. The Morgan fingerprint density at radius 2 is 2.07 bits per heavy atom. The normalized spacial score (nSPS) is 11.5. The molecular weight excluding hydrogens is 342 g/mol. The van der Waals surface area contributed by atoms with Crippen LogP contribution in [0.25, 0.3) is 0 Å². The van der Waals surface area contributed by atoms with Gasteiger partial charge < -0.3 is 15.8 Å². The largest absolute Gasteiger partial charge is 0.463 e. The Hall–Kier alpha value is -2.83. The molecule has 0 aliphatic heterocycles. The van der Waals surface area contributed by atoms with E-state index < -0.39 is 0 Å². The van der Waals surface area contributed by atoms with E-state index in [0.717, 1.165) is 36.8 Å². The maximum absolute atomic E-state index is 11.8. The van der Waals surface area contributed by atoms with Crippen molar-refractivity contribution in [3.8, 4) is 6.01 Å². The highest BCUT2D eigenvalue weighted by Gasteiger charge is 2.18. The van der Waals surface area contributed by atoms with E-state index in [1.165, 1.54) is 4.90 Å². The Bertz CT molecular complexity index is 698. The van der Waals surface area contributed by atoms with Crippen LogP contribution in [0.2, 0.25) is 0 Å². The fraction of sp³-hybridized carbons (Fsp3) is 0.450. The molecule has 1 rings (SSSR count). The Morgan fingerprint density at radius 3 is 2.63 bits per heavy atom. The van der Waals surface area contributed by atoms with Crippen LogP contribution >= 0.6 is 0 Å². The van der Waals surface area contributed by atoms with E-state index in [0.29, 0.717) is 24.7 Å². The van der Waals surface area contributed by atoms with Crippen molar-refractivity contribution in [2.45, 2.75) is 40.0 Å². The van der Waals surface area contributed by atoms with Crippen LogP contribution in [0.5, 0.6) is 6.01 Å². The molecule has 148 valence electrons. The van der Waals surface area contributed by atoms with Gasteiger partial charge in [0, 0.05) is 7.05 Å². The van der Waals surface area contributed by atoms with E-state index in [1.54, 1.807) is 7.05 Å². The molecule has 1 amide bonds. The number of nitrogens with two attached hydrogens (primary N) is 1. The van der Waals surface area contributed by atoms with Crippen molar-refractivity contribution in [1.82, 2.24) is 9.97 Å². The van der Waals surface area contributed by atoms with E-state index in [4.69, 9.17) is 10.5 Å². The molecular formula is C20H31N5O2. The van der Waals surface area contributed by atoms with Crippen LogP contribution in [0.3, 0.4) is 0 Å². The standard InChI is InChI=1S/C20H31N5O2/c1-6-9-12-27-20-23-18(21)17(22-5)19(24-20)25(14-26)13-16(8-3)11-10-15(4)7-2/h8,10-11,14,22H,4,6-7,9,12-13H2,1-3,5H3,(H2,21,23,24)/b11-10-,16-8+. The molecule has 0 radical (unpaired) electrons. The van der Waals surface area contributed by atoms with Crippen LogP contribution in [0, 0.1) is 0 Å². The number of aromatic nitrogens is 2. The second-order valence-corrected chi connectivity index (χ2v) is 5.98. The van der Waals surface area contributed by atoms with E-state index in [1.807, 2.05) is 32.1 Å². The molecule has 0 aliphatic rings. The minimum atomic E-state index is 0.165. The van der Waals surface area contributed by atoms with E-state index in [2.05, 4.69) is 28.8 Å². The van der Waals surface area contributed by atoms with Gasteiger partial charge >= 0.3 is 6.01 Å². The lowest BCUT2D eigenvalue weighted by Gasteiger charge is -2.21. The number of nitrogens with one attached hydrogen (secondary N) is 1. The quantitative estimate of drug-likeness (QED) is 0.329. The average molecular weight is 374 g/mol. The van der Waals surface area contributed by atoms with Crippen molar-refractivity contribution >= 4 is 23.7 Å². The van der Waals surface area contributed by atoms with Gasteiger partial charge in [-0.1, -0.05) is 50.6 Å². The minimum Gasteiger partial charge on any atom is -0.463 e. The molecule has 0 aromatic carbocycles. The SMILES string of the molecule is C=C(/C=C\C(=C/C)CN(C=O)c1nc(OCCCC)nc(N)c1NC)CC. The lowest BCUT2D eigenvalue weighted by Crippen LogP contribution is -2.26. The zero-order chi connectivity index (χ0) is 20.2. The summed E-state index contributed by atoms with van der Waals surface area (Å²) in [5.41, 5.74) is 8.48. The zero-order valence-corrected chi connectivity index (χ0v) is 16.8. The molecule has 7 heteroatoms. The first-order valence-corrected chi connectivity index (χ1v) is 9.21. The van der Waals surface area contributed by atoms with Crippen LogP contribution in [0.15, 0.2) is 36.0 Å². The zero-order valence-electron chi connectivity index (χ0n) is 16.8. The van der Waals surface area contributed by atoms with Gasteiger partial charge in [-0.25, -0.2) is 0 Å². The summed E-state index contributed by atoms with van der Waals surface area (Å²) in [4.78, 5) is 21.8. The fourth-order valence-electron chi connectivity index (χ4n) is 2.21. The van der Waals surface area contributed by atoms with Crippen LogP contribution in [0.1, 0.15) is 40.0 Å². The predicted octanol–water partition coefficient (Wildman–Crippen LogP) is 3.71. The van der Waals surface area contributed by atoms with Gasteiger partial charge in [-0.15, -0.1) is 0 Å². The number of nitrogens with zero attached hydrogens (tertiary/aromatic N) is 3. The molecule has 0 saturated carbocycles. The highest BCUT2D eigenvalue weighted by atomic mass is 16.5. The lowest BCUT2D eigenvalue weighted by molar-refractivity contribution is -0.107. The third-order valence-corrected chi connectivity index (χ3v) is 3.99. The first kappa shape index (κ1) is 22.2. The van der Waals surface area contributed by atoms with Gasteiger partial charge in [0.15, 0.2) is 11.6 Å². The Labute approximate surface area is 162 Å². The molecule has 1 aromatic rings. The van der Waals surface area contributed by atoms with Gasteiger partial charge in [0.1, 0.15) is 5.69 Å². The van der Waals surface area contributed by atoms with Crippen molar-refractivity contribution in [2.24, 2.45) is 0 Å². The summed E-state index contributed by atoms with van der Waals surface area (Å²) < 4.78 is 5.57. The van der Waals surface area contributed by atoms with E-state index in [9.17, 15) is 4.79 Å². The second kappa shape index (κ2) is 11.7. The Balaban J connectivity index is 3.15. The number of hydrogen-bond donors (Lipinski definition) is 2. The molecule has 0 saturated heterocycles. The average Bonchev–Trinajstić information content (AvgIpc) is 2.67. The fourth-order valence-corrected chi connectivity index (χ4v) is 2.21. The number of ether oxygens (including phenoxy) is 1. The Kier molecular flexibility index (Phi) is 9.64. The summed E-state index contributed by atoms with van der Waals surface area (Å²) in [7, 11) is 1.71. The number of nitrogen functional groups attached to an aromatic ring is 1. The topological polar surface area (TPSA) is 93.4 Å². The summed E-state index contributed by atoms with van der Waals surface area (Å²) in [6.07, 6.45) is 9.32. The van der Waals surface area contributed by atoms with Crippen LogP contribution in [-0.2, 0) is 4.79 Å². The van der Waals surface area contributed by atoms with Gasteiger partial charge in [-0.2, -0.15) is 9.97 Å². The van der Waals surface area contributed by atoms with Gasteiger partial charge in [-0.3, -0.25) is 9.69 Å². The summed E-state index contributed by atoms with van der Waals surface area (Å²) in [5, 5.41) is 2.97. The van der Waals surface area contributed by atoms with E-state index in [-0.39, 0.29) is 11.8 Å². The number of amides is 1. The minimum absolute atomic E-state index is 0.165. The van der Waals surface area contributed by atoms with Crippen molar-refractivity contribution in [2.75, 3.05) is 36.1 Å². The third kappa shape index (κ3) is 6.77. The number of unbranched alkanes of at least 4 members (excludes halogenated alkanes) is 1. The monoisotopic (exact) mass is 373 g/mol. The maximum Gasteiger partial charge on any atom is 0.320 e. The molecule has 27 heavy (non-hydrogen) atoms. The van der Waals surface area contributed by atoms with Crippen molar-refractivity contribution in [3.05, 3.63) is 36.0 Å². The molecule has 0 unspecified atom stereocenters. The summed E-state index contributed by atoms with van der Waals surface area (Å²) in [6.45, 7) is 10.8. The number of carbonyl (C=O) groups is 1. The molecule has 1 heterocycles. The third-order valence-electron chi connectivity index (χ3n) is 3.99. The molecule has 3 N–H and O–H groups in total. The van der Waals surface area contributed by atoms with Gasteiger partial charge in [0.25, 0.3) is 0 Å². The Morgan fingerprint density at radius 1 is 1.33 bits per heavy atom. The molecule has 0 atom stereocenters. The summed E-state index contributed by atoms with van der Waals surface area (Å²) >= 11 is 0. The van der Waals surface area contributed by atoms with Crippen molar-refractivity contribution < 1.29 is 9.53 Å². The molecule has 0 aliphatic carbocycles. The lowest BCUT2D eigenvalue weighted by atomic mass is 10.1. The second-order valence-electron chi connectivity index (χ2n) is 5.98. The van der Waals surface area contributed by atoms with Gasteiger partial charge in [0.2, 0.25) is 6.41 Å². The van der Waals surface area contributed by atoms with Crippen LogP contribution in [0.4, 0.5) is 17.3 Å². The highest BCUT2D eigenvalue weighted by Crippen LogP contribution is 2.30. The van der Waals surface area contributed by atoms with Crippen LogP contribution < -0.4 is 20.7 Å². The van der Waals surface area contributed by atoms with Crippen molar-refractivity contribution in [1.29, 1.82) is 0 Å². The maximum atomic E-state index is 11.8. The number of hydrogen-bond acceptors (Lipinski definition) is 6. The van der Waals surface area contributed by atoms with Gasteiger partial charge in [-0.05, 0) is 25.3 Å². The molecule has 0 bridgehead atoms. The van der Waals surface area contributed by atoms with Crippen LogP contribution in [-0.4, -0.2) is 36.6 Å². The number of carbonyl (C=O) groups excluding carboxylic acids is 1. The summed E-state index contributed by atoms with van der Waals surface area (Å²) in [6, 6.07) is 0.165. The summed E-state index contributed by atoms with van der Waals surface area (Å²) in [5.74, 6) is 0.617. The number of anilines is 3. The molecule has 0 fully saturated rings. The molecule has 0 spiro atoms. The number of allylic oxidation sites excluding steroid dienone is 3. The first-order chi connectivity index (χ1) is 13.0. The smallest absolute Gasteiger partial charge is 0.320 e. The molecule has 1 aromatic heterocycles. The van der Waals surface area contributed by atoms with Gasteiger partial charge in [0.05, 0.1) is 13.2 Å². The highest BCUT2D eigenvalue weighted by molar-refractivity contribution is 5.86. The number of rotatable bonds is 12. The van der Waals surface area contributed by atoms with Crippen molar-refractivity contribution in [3.63, 3.8) is 0 Å².